The van der Waals surface area contributed by atoms with Gasteiger partial charge in [0.2, 0.25) is 0 Å². The molecule has 4 nitrogen and oxygen atoms in total. The van der Waals surface area contributed by atoms with Crippen molar-refractivity contribution in [3.63, 3.8) is 0 Å². The normalized spacial score (nSPS) is 11.9. The summed E-state index contributed by atoms with van der Waals surface area (Å²) in [6.07, 6.45) is 0. The lowest BCUT2D eigenvalue weighted by Gasteiger charge is -2.16. The van der Waals surface area contributed by atoms with Gasteiger partial charge in [-0.05, 0) is 25.1 Å². The smallest absolute Gasteiger partial charge is 0.292 e. The summed E-state index contributed by atoms with van der Waals surface area (Å²) in [4.78, 5) is 10.5. The Morgan fingerprint density at radius 2 is 2.00 bits per heavy atom. The largest absolute Gasteiger partial charge is 0.373 e. The zero-order chi connectivity index (χ0) is 14.7. The number of anilines is 1. The van der Waals surface area contributed by atoms with E-state index in [1.807, 2.05) is 0 Å². The number of rotatable bonds is 4. The van der Waals surface area contributed by atoms with Crippen LogP contribution in [0.4, 0.5) is 15.8 Å². The first-order valence-corrected chi connectivity index (χ1v) is 6.73. The number of nitro benzene ring substituents is 1. The summed E-state index contributed by atoms with van der Waals surface area (Å²) in [6, 6.07) is 10.6. The lowest BCUT2D eigenvalue weighted by molar-refractivity contribution is -0.384. The molecule has 0 spiro atoms. The van der Waals surface area contributed by atoms with Crippen molar-refractivity contribution in [3.05, 3.63) is 68.4 Å². The summed E-state index contributed by atoms with van der Waals surface area (Å²) < 4.78 is 14.4. The average molecular weight is 339 g/mol. The Morgan fingerprint density at radius 1 is 1.30 bits per heavy atom. The van der Waals surface area contributed by atoms with Crippen molar-refractivity contribution in [1.29, 1.82) is 0 Å². The van der Waals surface area contributed by atoms with E-state index in [1.165, 1.54) is 12.1 Å². The molecule has 0 saturated heterocycles. The van der Waals surface area contributed by atoms with Gasteiger partial charge in [0.25, 0.3) is 5.69 Å². The van der Waals surface area contributed by atoms with Gasteiger partial charge in [-0.2, -0.15) is 0 Å². The van der Waals surface area contributed by atoms with Gasteiger partial charge in [-0.15, -0.1) is 0 Å². The van der Waals surface area contributed by atoms with E-state index < -0.39 is 4.92 Å². The van der Waals surface area contributed by atoms with Gasteiger partial charge in [0.1, 0.15) is 11.5 Å². The van der Waals surface area contributed by atoms with Crippen LogP contribution in [0.15, 0.2) is 46.9 Å². The molecule has 0 radical (unpaired) electrons. The lowest BCUT2D eigenvalue weighted by atomic mass is 10.1. The minimum absolute atomic E-state index is 0.0450. The van der Waals surface area contributed by atoms with E-state index in [9.17, 15) is 14.5 Å². The third-order valence-electron chi connectivity index (χ3n) is 2.90. The van der Waals surface area contributed by atoms with E-state index in [1.54, 1.807) is 37.3 Å². The maximum absolute atomic E-state index is 13.7. The van der Waals surface area contributed by atoms with E-state index in [4.69, 9.17) is 0 Å². The highest BCUT2D eigenvalue weighted by molar-refractivity contribution is 9.10. The summed E-state index contributed by atoms with van der Waals surface area (Å²) in [5.74, 6) is -0.342. The van der Waals surface area contributed by atoms with E-state index in [2.05, 4.69) is 21.2 Å². The summed E-state index contributed by atoms with van der Waals surface area (Å²) in [5, 5.41) is 14.0. The van der Waals surface area contributed by atoms with Gasteiger partial charge in [0.05, 0.1) is 11.0 Å². The topological polar surface area (TPSA) is 55.2 Å². The van der Waals surface area contributed by atoms with Gasteiger partial charge in [-0.1, -0.05) is 34.1 Å². The Kier molecular flexibility index (Phi) is 4.34. The van der Waals surface area contributed by atoms with Crippen molar-refractivity contribution in [1.82, 2.24) is 0 Å². The molecule has 0 saturated carbocycles. The second-order valence-electron chi connectivity index (χ2n) is 4.31. The Hall–Kier alpha value is -1.95. The van der Waals surface area contributed by atoms with Gasteiger partial charge in [0.15, 0.2) is 0 Å². The maximum Gasteiger partial charge on any atom is 0.292 e. The van der Waals surface area contributed by atoms with Gasteiger partial charge in [-0.3, -0.25) is 10.1 Å². The number of halogens is 2. The molecule has 1 unspecified atom stereocenters. The van der Waals surface area contributed by atoms with Crippen molar-refractivity contribution in [3.8, 4) is 0 Å². The Morgan fingerprint density at radius 3 is 2.65 bits per heavy atom. The summed E-state index contributed by atoms with van der Waals surface area (Å²) in [7, 11) is 0. The number of nitro groups is 1. The Labute approximate surface area is 123 Å². The fourth-order valence-corrected chi connectivity index (χ4v) is 2.28. The van der Waals surface area contributed by atoms with E-state index in [-0.39, 0.29) is 17.5 Å². The van der Waals surface area contributed by atoms with Crippen molar-refractivity contribution in [2.24, 2.45) is 0 Å². The van der Waals surface area contributed by atoms with Gasteiger partial charge < -0.3 is 5.32 Å². The van der Waals surface area contributed by atoms with Gasteiger partial charge in [-0.25, -0.2) is 4.39 Å². The third kappa shape index (κ3) is 3.14. The quantitative estimate of drug-likeness (QED) is 0.651. The fourth-order valence-electron chi connectivity index (χ4n) is 1.92. The molecule has 1 atom stereocenters. The minimum atomic E-state index is -0.469. The van der Waals surface area contributed by atoms with Gasteiger partial charge in [0, 0.05) is 16.1 Å². The predicted octanol–water partition coefficient (Wildman–Crippen LogP) is 4.67. The van der Waals surface area contributed by atoms with Crippen LogP contribution in [0, 0.1) is 15.9 Å². The van der Waals surface area contributed by atoms with Crippen LogP contribution in [0.3, 0.4) is 0 Å². The van der Waals surface area contributed by atoms with Crippen LogP contribution in [-0.4, -0.2) is 4.92 Å². The highest BCUT2D eigenvalue weighted by Gasteiger charge is 2.17. The van der Waals surface area contributed by atoms with Crippen LogP contribution in [0.25, 0.3) is 0 Å². The summed E-state index contributed by atoms with van der Waals surface area (Å²) in [5.41, 5.74) is 0.762. The van der Waals surface area contributed by atoms with E-state index in [0.717, 1.165) is 0 Å². The van der Waals surface area contributed by atoms with Crippen LogP contribution in [0.5, 0.6) is 0 Å². The molecule has 0 aromatic heterocycles. The van der Waals surface area contributed by atoms with Crippen LogP contribution in [0.2, 0.25) is 0 Å². The van der Waals surface area contributed by atoms with Crippen molar-refractivity contribution in [2.45, 2.75) is 13.0 Å². The van der Waals surface area contributed by atoms with E-state index in [0.29, 0.717) is 15.7 Å². The highest BCUT2D eigenvalue weighted by Crippen LogP contribution is 2.31. The molecule has 0 aliphatic carbocycles. The molecule has 2 aromatic rings. The van der Waals surface area contributed by atoms with Gasteiger partial charge >= 0.3 is 0 Å². The zero-order valence-electron chi connectivity index (χ0n) is 10.6. The van der Waals surface area contributed by atoms with Crippen LogP contribution in [-0.2, 0) is 0 Å². The maximum atomic E-state index is 13.7. The summed E-state index contributed by atoms with van der Waals surface area (Å²) in [6.45, 7) is 1.75. The molecular weight excluding hydrogens is 327 g/mol. The average Bonchev–Trinajstić information content (AvgIpc) is 2.38. The van der Waals surface area contributed by atoms with Crippen LogP contribution < -0.4 is 5.32 Å². The molecule has 0 aliphatic rings. The second kappa shape index (κ2) is 6.00. The Bertz CT molecular complexity index is 649. The second-order valence-corrected chi connectivity index (χ2v) is 5.22. The minimum Gasteiger partial charge on any atom is -0.373 e. The molecule has 0 amide bonds. The number of nitrogens with one attached hydrogen (secondary N) is 1. The van der Waals surface area contributed by atoms with Crippen LogP contribution in [0.1, 0.15) is 18.5 Å². The monoisotopic (exact) mass is 338 g/mol. The molecule has 104 valence electrons. The first-order chi connectivity index (χ1) is 9.49. The van der Waals surface area contributed by atoms with Crippen molar-refractivity contribution < 1.29 is 9.31 Å². The van der Waals surface area contributed by atoms with E-state index >= 15 is 0 Å². The SMILES string of the molecule is CC(Nc1cc(Br)ccc1[N+](=O)[O-])c1ccccc1F. The zero-order valence-corrected chi connectivity index (χ0v) is 12.2. The molecular formula is C14H12BrFN2O2. The number of hydrogen-bond donors (Lipinski definition) is 1. The molecule has 0 fully saturated rings. The molecule has 0 heterocycles. The first-order valence-electron chi connectivity index (χ1n) is 5.94. The van der Waals surface area contributed by atoms with Crippen molar-refractivity contribution >= 4 is 27.3 Å². The molecule has 6 heteroatoms. The molecule has 2 rings (SSSR count). The van der Waals surface area contributed by atoms with Crippen molar-refractivity contribution in [2.75, 3.05) is 5.32 Å². The highest BCUT2D eigenvalue weighted by atomic mass is 79.9. The number of nitrogens with zero attached hydrogens (tertiary/aromatic N) is 1. The summed E-state index contributed by atoms with van der Waals surface area (Å²) >= 11 is 3.27. The fraction of sp³-hybridized carbons (Fsp3) is 0.143. The molecule has 20 heavy (non-hydrogen) atoms. The third-order valence-corrected chi connectivity index (χ3v) is 3.39. The number of hydrogen-bond acceptors (Lipinski definition) is 3. The molecule has 0 aliphatic heterocycles. The number of benzene rings is 2. The first kappa shape index (κ1) is 14.5. The molecule has 1 N–H and O–H groups in total. The molecule has 2 aromatic carbocycles. The van der Waals surface area contributed by atoms with Crippen LogP contribution >= 0.6 is 15.9 Å². The molecule has 0 bridgehead atoms. The Balaban J connectivity index is 2.32. The standard InChI is InChI=1S/C14H12BrFN2O2/c1-9(11-4-2-3-5-12(11)16)17-13-8-10(15)6-7-14(13)18(19)20/h2-9,17H,1H3. The lowest BCUT2D eigenvalue weighted by Crippen LogP contribution is -2.10. The predicted molar refractivity (Wildman–Crippen MR) is 79.2 cm³/mol.